The van der Waals surface area contributed by atoms with E-state index in [1.807, 2.05) is 0 Å². The van der Waals surface area contributed by atoms with Crippen molar-refractivity contribution in [3.63, 3.8) is 0 Å². The van der Waals surface area contributed by atoms with Crippen LogP contribution in [0.15, 0.2) is 18.5 Å². The van der Waals surface area contributed by atoms with E-state index in [4.69, 9.17) is 5.73 Å². The lowest BCUT2D eigenvalue weighted by atomic mass is 10.2. The van der Waals surface area contributed by atoms with Gasteiger partial charge >= 0.3 is 0 Å². The van der Waals surface area contributed by atoms with Gasteiger partial charge in [0.25, 0.3) is 0 Å². The minimum absolute atomic E-state index is 0.238. The maximum atomic E-state index is 9.93. The molecule has 3 heteroatoms. The monoisotopic (exact) mass is 160 g/mol. The van der Waals surface area contributed by atoms with E-state index in [1.54, 1.807) is 12.3 Å². The average molecular weight is 160 g/mol. The summed E-state index contributed by atoms with van der Waals surface area (Å²) in [4.78, 5) is 13.7. The summed E-state index contributed by atoms with van der Waals surface area (Å²) in [6, 6.07) is 1.72. The first kappa shape index (κ1) is 8.28. The highest BCUT2D eigenvalue weighted by atomic mass is 16.1. The number of pyridine rings is 1. The predicted molar refractivity (Wildman–Crippen MR) is 46.2 cm³/mol. The second-order valence-corrected chi connectivity index (χ2v) is 2.14. The van der Waals surface area contributed by atoms with Crippen molar-refractivity contribution in [3.05, 3.63) is 24.0 Å². The number of rotatable bonds is 1. The van der Waals surface area contributed by atoms with Crippen LogP contribution in [0.2, 0.25) is 0 Å². The summed E-state index contributed by atoms with van der Waals surface area (Å²) in [6.07, 6.45) is 4.14. The van der Waals surface area contributed by atoms with Crippen LogP contribution in [-0.2, 0) is 4.79 Å². The van der Waals surface area contributed by atoms with Gasteiger partial charge in [0.1, 0.15) is 6.29 Å². The molecular formula is C9H8N2O. The number of carbonyl (C=O) groups excluding carboxylic acids is 1. The van der Waals surface area contributed by atoms with Gasteiger partial charge in [-0.15, -0.1) is 0 Å². The van der Waals surface area contributed by atoms with Crippen LogP contribution < -0.4 is 5.73 Å². The fraction of sp³-hybridized carbons (Fsp3) is 0.111. The smallest absolute Gasteiger partial charge is 0.131 e. The zero-order chi connectivity index (χ0) is 8.81. The third kappa shape index (κ3) is 2.10. The summed E-state index contributed by atoms with van der Waals surface area (Å²) >= 11 is 0. The maximum Gasteiger partial charge on any atom is 0.131 e. The van der Waals surface area contributed by atoms with Crippen molar-refractivity contribution in [2.24, 2.45) is 0 Å². The average Bonchev–Trinajstić information content (AvgIpc) is 2.09. The van der Waals surface area contributed by atoms with Gasteiger partial charge in [-0.1, -0.05) is 11.8 Å². The van der Waals surface area contributed by atoms with Crippen LogP contribution >= 0.6 is 0 Å². The van der Waals surface area contributed by atoms with Gasteiger partial charge in [0.2, 0.25) is 0 Å². The number of nitrogens with two attached hydrogens (primary N) is 1. The van der Waals surface area contributed by atoms with Gasteiger partial charge in [-0.05, 0) is 6.07 Å². The standard InChI is InChI=1S/C9H8N2O/c10-9-7-11-5-4-8(9)3-1-2-6-12/h4-7H,2,10H2. The van der Waals surface area contributed by atoms with Crippen LogP contribution in [0.4, 0.5) is 5.69 Å². The van der Waals surface area contributed by atoms with E-state index in [0.717, 1.165) is 6.29 Å². The summed E-state index contributed by atoms with van der Waals surface area (Å²) in [5.41, 5.74) is 6.80. The lowest BCUT2D eigenvalue weighted by Gasteiger charge is -1.93. The van der Waals surface area contributed by atoms with Crippen molar-refractivity contribution in [2.75, 3.05) is 5.73 Å². The summed E-state index contributed by atoms with van der Waals surface area (Å²) in [5, 5.41) is 0. The molecule has 0 aliphatic carbocycles. The molecule has 0 saturated heterocycles. The zero-order valence-corrected chi connectivity index (χ0v) is 6.45. The molecule has 0 saturated carbocycles. The van der Waals surface area contributed by atoms with Gasteiger partial charge in [0, 0.05) is 6.20 Å². The quantitative estimate of drug-likeness (QED) is 0.483. The number of hydrogen-bond donors (Lipinski definition) is 1. The number of carbonyl (C=O) groups is 1. The molecule has 0 aliphatic heterocycles. The number of aldehydes is 1. The highest BCUT2D eigenvalue weighted by molar-refractivity contribution is 5.58. The third-order valence-electron chi connectivity index (χ3n) is 1.26. The van der Waals surface area contributed by atoms with E-state index in [9.17, 15) is 4.79 Å². The minimum atomic E-state index is 0.238. The van der Waals surface area contributed by atoms with Crippen LogP contribution in [-0.4, -0.2) is 11.3 Å². The number of nitrogens with zero attached hydrogens (tertiary/aromatic N) is 1. The number of nitrogen functional groups attached to an aromatic ring is 1. The fourth-order valence-corrected chi connectivity index (χ4v) is 0.708. The summed E-state index contributed by atoms with van der Waals surface area (Å²) in [6.45, 7) is 0. The van der Waals surface area contributed by atoms with E-state index in [2.05, 4.69) is 16.8 Å². The maximum absolute atomic E-state index is 9.93. The predicted octanol–water partition coefficient (Wildman–Crippen LogP) is 0.604. The van der Waals surface area contributed by atoms with Gasteiger partial charge in [-0.2, -0.15) is 0 Å². The molecule has 0 amide bonds. The number of hydrogen-bond acceptors (Lipinski definition) is 3. The van der Waals surface area contributed by atoms with Gasteiger partial charge in [0.05, 0.1) is 23.9 Å². The first-order valence-corrected chi connectivity index (χ1v) is 3.46. The molecule has 1 heterocycles. The van der Waals surface area contributed by atoms with Crippen molar-refractivity contribution < 1.29 is 4.79 Å². The molecular weight excluding hydrogens is 152 g/mol. The molecule has 3 nitrogen and oxygen atoms in total. The number of aromatic nitrogens is 1. The molecule has 2 N–H and O–H groups in total. The van der Waals surface area contributed by atoms with Crippen molar-refractivity contribution in [2.45, 2.75) is 6.42 Å². The van der Waals surface area contributed by atoms with E-state index in [0.29, 0.717) is 11.3 Å². The van der Waals surface area contributed by atoms with Crippen molar-refractivity contribution in [1.29, 1.82) is 0 Å². The highest BCUT2D eigenvalue weighted by Crippen LogP contribution is 2.05. The van der Waals surface area contributed by atoms with E-state index in [1.165, 1.54) is 6.20 Å². The van der Waals surface area contributed by atoms with Crippen molar-refractivity contribution >= 4 is 12.0 Å². The molecule has 0 spiro atoms. The molecule has 0 aliphatic rings. The van der Waals surface area contributed by atoms with Gasteiger partial charge in [-0.3, -0.25) is 4.98 Å². The molecule has 0 aromatic carbocycles. The van der Waals surface area contributed by atoms with E-state index < -0.39 is 0 Å². The molecule has 0 bridgehead atoms. The number of anilines is 1. The molecule has 12 heavy (non-hydrogen) atoms. The first-order chi connectivity index (χ1) is 5.84. The largest absolute Gasteiger partial charge is 0.396 e. The SMILES string of the molecule is Nc1cnccc1C#CCC=O. The normalized spacial score (nSPS) is 8.33. The van der Waals surface area contributed by atoms with Crippen molar-refractivity contribution in [3.8, 4) is 11.8 Å². The molecule has 0 fully saturated rings. The lowest BCUT2D eigenvalue weighted by Crippen LogP contribution is -1.90. The highest BCUT2D eigenvalue weighted by Gasteiger charge is 1.90. The second kappa shape index (κ2) is 4.14. The molecule has 1 aromatic heterocycles. The Hall–Kier alpha value is -1.82. The Kier molecular flexibility index (Phi) is 2.86. The van der Waals surface area contributed by atoms with Gasteiger partial charge in [-0.25, -0.2) is 0 Å². The van der Waals surface area contributed by atoms with E-state index in [-0.39, 0.29) is 6.42 Å². The van der Waals surface area contributed by atoms with Crippen LogP contribution in [0.3, 0.4) is 0 Å². The Morgan fingerprint density at radius 2 is 2.50 bits per heavy atom. The van der Waals surface area contributed by atoms with E-state index >= 15 is 0 Å². The summed E-state index contributed by atoms with van der Waals surface area (Å²) in [5.74, 6) is 5.43. The Bertz CT molecular complexity index is 336. The summed E-state index contributed by atoms with van der Waals surface area (Å²) in [7, 11) is 0. The topological polar surface area (TPSA) is 56.0 Å². The Balaban J connectivity index is 2.84. The fourth-order valence-electron chi connectivity index (χ4n) is 0.708. The third-order valence-corrected chi connectivity index (χ3v) is 1.26. The molecule has 60 valence electrons. The van der Waals surface area contributed by atoms with Crippen LogP contribution in [0, 0.1) is 11.8 Å². The van der Waals surface area contributed by atoms with Crippen LogP contribution in [0.25, 0.3) is 0 Å². The van der Waals surface area contributed by atoms with Crippen molar-refractivity contribution in [1.82, 2.24) is 4.98 Å². The Morgan fingerprint density at radius 3 is 3.17 bits per heavy atom. The molecule has 1 aromatic rings. The second-order valence-electron chi connectivity index (χ2n) is 2.14. The van der Waals surface area contributed by atoms with Gasteiger partial charge < -0.3 is 10.5 Å². The molecule has 0 unspecified atom stereocenters. The Labute approximate surface area is 70.6 Å². The first-order valence-electron chi connectivity index (χ1n) is 3.46. The molecule has 0 atom stereocenters. The van der Waals surface area contributed by atoms with Gasteiger partial charge in [0.15, 0.2) is 0 Å². The molecule has 0 radical (unpaired) electrons. The Morgan fingerprint density at radius 1 is 1.67 bits per heavy atom. The van der Waals surface area contributed by atoms with Crippen LogP contribution in [0.1, 0.15) is 12.0 Å². The zero-order valence-electron chi connectivity index (χ0n) is 6.45. The molecule has 1 rings (SSSR count). The minimum Gasteiger partial charge on any atom is -0.396 e. The lowest BCUT2D eigenvalue weighted by molar-refractivity contribution is -0.107. The van der Waals surface area contributed by atoms with Crippen LogP contribution in [0.5, 0.6) is 0 Å². The summed E-state index contributed by atoms with van der Waals surface area (Å²) < 4.78 is 0.